The number of likely N-dealkylation sites (N-methyl/N-ethyl adjacent to an activating group) is 1. The maximum Gasteiger partial charge on any atom is 0.412 e. The van der Waals surface area contributed by atoms with Crippen LogP contribution in [-0.4, -0.2) is 50.0 Å². The molecule has 1 N–H and O–H groups in total. The highest BCUT2D eigenvalue weighted by molar-refractivity contribution is 5.86. The van der Waals surface area contributed by atoms with Crippen molar-refractivity contribution >= 4 is 11.8 Å². The standard InChI is InChI=1S/C18H30N2O3.HI/c1-6-13-22-17-12-10-9-11-16(17)19-18(21)23-15(4)14-20(5,7-2)8-3;/h9-12,15H,6-8,13-14H2,1-5H3;1H. The highest BCUT2D eigenvalue weighted by Gasteiger charge is 2.23. The lowest BCUT2D eigenvalue weighted by atomic mass is 10.3. The van der Waals surface area contributed by atoms with Crippen molar-refractivity contribution in [2.45, 2.75) is 40.2 Å². The molecule has 1 amide bonds. The van der Waals surface area contributed by atoms with Crippen LogP contribution < -0.4 is 34.0 Å². The summed E-state index contributed by atoms with van der Waals surface area (Å²) in [5.74, 6) is 0.668. The van der Waals surface area contributed by atoms with Gasteiger partial charge in [-0.05, 0) is 39.3 Å². The number of hydrogen-bond donors (Lipinski definition) is 1. The fourth-order valence-corrected chi connectivity index (χ4v) is 2.37. The van der Waals surface area contributed by atoms with Crippen molar-refractivity contribution in [2.24, 2.45) is 0 Å². The molecule has 0 radical (unpaired) electrons. The SMILES string of the molecule is CCCOc1ccccc1NC(=O)OC(C)C[N+](C)(CC)CC.[I-]. The molecule has 6 heteroatoms. The van der Waals surface area contributed by atoms with Crippen molar-refractivity contribution in [3.8, 4) is 5.75 Å². The molecule has 1 rings (SSSR count). The van der Waals surface area contributed by atoms with E-state index in [2.05, 4.69) is 26.2 Å². The molecule has 1 unspecified atom stereocenters. The van der Waals surface area contributed by atoms with Gasteiger partial charge < -0.3 is 37.9 Å². The molecular weight excluding hydrogens is 419 g/mol. The monoisotopic (exact) mass is 450 g/mol. The van der Waals surface area contributed by atoms with Gasteiger partial charge in [-0.2, -0.15) is 0 Å². The summed E-state index contributed by atoms with van der Waals surface area (Å²) in [7, 11) is 2.17. The third kappa shape index (κ3) is 7.70. The van der Waals surface area contributed by atoms with Crippen molar-refractivity contribution in [3.05, 3.63) is 24.3 Å². The lowest BCUT2D eigenvalue weighted by molar-refractivity contribution is -0.908. The van der Waals surface area contributed by atoms with Gasteiger partial charge in [0.2, 0.25) is 0 Å². The Balaban J connectivity index is 0.00000529. The predicted octanol–water partition coefficient (Wildman–Crippen LogP) is 0.903. The Morgan fingerprint density at radius 1 is 1.21 bits per heavy atom. The van der Waals surface area contributed by atoms with Gasteiger partial charge in [-0.15, -0.1) is 0 Å². The summed E-state index contributed by atoms with van der Waals surface area (Å²) in [5.41, 5.74) is 0.640. The molecule has 0 aliphatic carbocycles. The first-order chi connectivity index (χ1) is 10.9. The summed E-state index contributed by atoms with van der Waals surface area (Å²) in [5, 5.41) is 2.78. The van der Waals surface area contributed by atoms with E-state index < -0.39 is 6.09 Å². The Hall–Kier alpha value is -1.02. The number of carbonyl (C=O) groups excluding carboxylic acids is 1. The second-order valence-electron chi connectivity index (χ2n) is 6.12. The summed E-state index contributed by atoms with van der Waals surface area (Å²) in [6.45, 7) is 11.7. The van der Waals surface area contributed by atoms with Gasteiger partial charge in [-0.3, -0.25) is 5.32 Å². The summed E-state index contributed by atoms with van der Waals surface area (Å²) >= 11 is 0. The summed E-state index contributed by atoms with van der Waals surface area (Å²) in [6, 6.07) is 7.40. The van der Waals surface area contributed by atoms with Gasteiger partial charge in [0.25, 0.3) is 0 Å². The average Bonchev–Trinajstić information content (AvgIpc) is 2.53. The Bertz CT molecular complexity index is 493. The van der Waals surface area contributed by atoms with Crippen LogP contribution in [0.25, 0.3) is 0 Å². The molecule has 1 aromatic carbocycles. The molecule has 0 saturated carbocycles. The Labute approximate surface area is 163 Å². The maximum absolute atomic E-state index is 12.1. The molecule has 0 bridgehead atoms. The molecule has 0 heterocycles. The molecule has 0 spiro atoms. The van der Waals surface area contributed by atoms with E-state index >= 15 is 0 Å². The topological polar surface area (TPSA) is 47.6 Å². The summed E-state index contributed by atoms with van der Waals surface area (Å²) in [4.78, 5) is 12.1. The lowest BCUT2D eigenvalue weighted by Crippen LogP contribution is -3.00. The van der Waals surface area contributed by atoms with Crippen LogP contribution in [0, 0.1) is 0 Å². The number of ether oxygens (including phenoxy) is 2. The number of nitrogens with zero attached hydrogens (tertiary/aromatic N) is 1. The number of hydrogen-bond acceptors (Lipinski definition) is 3. The molecule has 138 valence electrons. The second-order valence-corrected chi connectivity index (χ2v) is 6.12. The number of nitrogens with one attached hydrogen (secondary N) is 1. The van der Waals surface area contributed by atoms with Crippen LogP contribution in [0.1, 0.15) is 34.1 Å². The average molecular weight is 450 g/mol. The normalized spacial score (nSPS) is 12.0. The molecule has 0 aromatic heterocycles. The summed E-state index contributed by atoms with van der Waals surface area (Å²) in [6.07, 6.45) is 0.327. The number of rotatable bonds is 9. The van der Waals surface area contributed by atoms with Crippen molar-refractivity contribution < 1.29 is 42.7 Å². The predicted molar refractivity (Wildman–Crippen MR) is 93.9 cm³/mol. The molecule has 5 nitrogen and oxygen atoms in total. The van der Waals surface area contributed by atoms with Gasteiger partial charge in [-0.1, -0.05) is 19.1 Å². The zero-order valence-electron chi connectivity index (χ0n) is 15.5. The van der Waals surface area contributed by atoms with Gasteiger partial charge in [0.1, 0.15) is 18.4 Å². The van der Waals surface area contributed by atoms with E-state index in [1.165, 1.54) is 0 Å². The van der Waals surface area contributed by atoms with E-state index in [1.807, 2.05) is 38.1 Å². The van der Waals surface area contributed by atoms with Gasteiger partial charge in [-0.25, -0.2) is 4.79 Å². The first kappa shape index (κ1) is 23.0. The highest BCUT2D eigenvalue weighted by Crippen LogP contribution is 2.24. The minimum absolute atomic E-state index is 0. The fourth-order valence-electron chi connectivity index (χ4n) is 2.37. The fraction of sp³-hybridized carbons (Fsp3) is 0.611. The van der Waals surface area contributed by atoms with E-state index in [9.17, 15) is 4.79 Å². The van der Waals surface area contributed by atoms with Crippen LogP contribution in [0.4, 0.5) is 10.5 Å². The third-order valence-corrected chi connectivity index (χ3v) is 4.12. The zero-order chi connectivity index (χ0) is 17.3. The van der Waals surface area contributed by atoms with E-state index in [1.54, 1.807) is 0 Å². The van der Waals surface area contributed by atoms with Gasteiger partial charge in [0, 0.05) is 0 Å². The van der Waals surface area contributed by atoms with Gasteiger partial charge in [0.15, 0.2) is 0 Å². The van der Waals surface area contributed by atoms with Crippen LogP contribution in [0.5, 0.6) is 5.75 Å². The molecule has 1 aromatic rings. The second kappa shape index (κ2) is 11.5. The molecule has 24 heavy (non-hydrogen) atoms. The first-order valence-electron chi connectivity index (χ1n) is 8.47. The molecular formula is C18H31IN2O3. The third-order valence-electron chi connectivity index (χ3n) is 4.12. The number of benzene rings is 1. The van der Waals surface area contributed by atoms with Crippen LogP contribution in [0.15, 0.2) is 24.3 Å². The quantitative estimate of drug-likeness (QED) is 0.450. The van der Waals surface area contributed by atoms with Crippen LogP contribution in [-0.2, 0) is 4.74 Å². The highest BCUT2D eigenvalue weighted by atomic mass is 127. The number of carbonyl (C=O) groups is 1. The van der Waals surface area contributed by atoms with E-state index in [0.29, 0.717) is 18.0 Å². The molecule has 0 saturated heterocycles. The largest absolute Gasteiger partial charge is 1.00 e. The van der Waals surface area contributed by atoms with Crippen molar-refractivity contribution in [1.29, 1.82) is 0 Å². The van der Waals surface area contributed by atoms with Crippen molar-refractivity contribution in [1.82, 2.24) is 0 Å². The Kier molecular flexibility index (Phi) is 11.0. The van der Waals surface area contributed by atoms with Crippen molar-refractivity contribution in [2.75, 3.05) is 38.6 Å². The van der Waals surface area contributed by atoms with E-state index in [0.717, 1.165) is 30.5 Å². The Morgan fingerprint density at radius 3 is 2.42 bits per heavy atom. The number of para-hydroxylation sites is 2. The molecule has 0 fully saturated rings. The zero-order valence-corrected chi connectivity index (χ0v) is 17.6. The van der Waals surface area contributed by atoms with Crippen LogP contribution >= 0.6 is 0 Å². The van der Waals surface area contributed by atoms with Crippen molar-refractivity contribution in [3.63, 3.8) is 0 Å². The lowest BCUT2D eigenvalue weighted by Gasteiger charge is -2.34. The first-order valence-corrected chi connectivity index (χ1v) is 8.47. The van der Waals surface area contributed by atoms with E-state index in [4.69, 9.17) is 9.47 Å². The smallest absolute Gasteiger partial charge is 0.412 e. The number of amides is 1. The Morgan fingerprint density at radius 2 is 1.83 bits per heavy atom. The number of anilines is 1. The molecule has 0 aliphatic rings. The number of halogens is 1. The van der Waals surface area contributed by atoms with Crippen LogP contribution in [0.2, 0.25) is 0 Å². The minimum Gasteiger partial charge on any atom is -1.00 e. The molecule has 1 atom stereocenters. The summed E-state index contributed by atoms with van der Waals surface area (Å²) < 4.78 is 12.0. The van der Waals surface area contributed by atoms with Gasteiger partial charge in [0.05, 0.1) is 32.4 Å². The maximum atomic E-state index is 12.1. The van der Waals surface area contributed by atoms with Crippen LogP contribution in [0.3, 0.4) is 0 Å². The number of quaternary nitrogens is 1. The minimum atomic E-state index is -0.441. The molecule has 0 aliphatic heterocycles. The van der Waals surface area contributed by atoms with E-state index in [-0.39, 0.29) is 30.1 Å². The van der Waals surface area contributed by atoms with Gasteiger partial charge >= 0.3 is 6.09 Å².